The lowest BCUT2D eigenvalue weighted by Gasteiger charge is -2.20. The van der Waals surface area contributed by atoms with E-state index in [0.29, 0.717) is 30.1 Å². The minimum atomic E-state index is -0.988. The molecule has 40 heavy (non-hydrogen) atoms. The van der Waals surface area contributed by atoms with Gasteiger partial charge in [0.25, 0.3) is 5.91 Å². The van der Waals surface area contributed by atoms with E-state index in [4.69, 9.17) is 15.3 Å². The first-order valence-corrected chi connectivity index (χ1v) is 13.8. The van der Waals surface area contributed by atoms with Gasteiger partial charge in [0.15, 0.2) is 0 Å². The zero-order chi connectivity index (χ0) is 28.8. The number of hydrogen-bond donors (Lipinski definition) is 3. The molecule has 0 spiro atoms. The molecule has 0 fully saturated rings. The quantitative estimate of drug-likeness (QED) is 0.201. The van der Waals surface area contributed by atoms with Crippen LogP contribution in [0, 0.1) is 17.2 Å². The van der Waals surface area contributed by atoms with E-state index in [0.717, 1.165) is 40.7 Å². The zero-order valence-electron chi connectivity index (χ0n) is 23.5. The van der Waals surface area contributed by atoms with Crippen LogP contribution in [-0.2, 0) is 11.3 Å². The highest BCUT2D eigenvalue weighted by Crippen LogP contribution is 2.38. The summed E-state index contributed by atoms with van der Waals surface area (Å²) in [6, 6.07) is 16.4. The normalized spacial score (nSPS) is 17.1. The average molecular weight is 540 g/mol. The van der Waals surface area contributed by atoms with Crippen LogP contribution in [0.15, 0.2) is 66.4 Å². The third-order valence-corrected chi connectivity index (χ3v) is 7.78. The lowest BCUT2D eigenvalue weighted by molar-refractivity contribution is 0.0696. The third-order valence-electron chi connectivity index (χ3n) is 7.78. The monoisotopic (exact) mass is 539 g/mol. The van der Waals surface area contributed by atoms with E-state index in [1.807, 2.05) is 6.07 Å². The number of aromatic nitrogens is 1. The molecule has 3 unspecified atom stereocenters. The maximum Gasteiger partial charge on any atom is 0.335 e. The molecule has 0 bridgehead atoms. The van der Waals surface area contributed by atoms with Gasteiger partial charge in [-0.2, -0.15) is 0 Å². The molecule has 3 atom stereocenters. The number of pyridine rings is 1. The van der Waals surface area contributed by atoms with Gasteiger partial charge < -0.3 is 15.2 Å². The molecule has 1 aromatic heterocycles. The van der Waals surface area contributed by atoms with Gasteiger partial charge in [0.1, 0.15) is 5.69 Å². The Morgan fingerprint density at radius 3 is 2.52 bits per heavy atom. The van der Waals surface area contributed by atoms with Crippen LogP contribution in [-0.4, -0.2) is 34.5 Å². The van der Waals surface area contributed by atoms with Crippen molar-refractivity contribution in [1.82, 2.24) is 10.3 Å². The fourth-order valence-corrected chi connectivity index (χ4v) is 4.74. The SMILES string of the molecule is CCC(C)COC(=N)C1=Cc2cc(-c3ccnc(C(=O)NCc4ccc(C(=O)O)cc4)c3)ccc2C(C)C(C)C1. The van der Waals surface area contributed by atoms with Gasteiger partial charge in [-0.25, -0.2) is 4.79 Å². The fraction of sp³-hybridized carbons (Fsp3) is 0.333. The molecule has 0 saturated carbocycles. The summed E-state index contributed by atoms with van der Waals surface area (Å²) in [6.45, 7) is 9.51. The summed E-state index contributed by atoms with van der Waals surface area (Å²) in [5.74, 6) is 0.0373. The van der Waals surface area contributed by atoms with E-state index >= 15 is 0 Å². The summed E-state index contributed by atoms with van der Waals surface area (Å²) in [7, 11) is 0. The van der Waals surface area contributed by atoms with Gasteiger partial charge in [-0.3, -0.25) is 15.2 Å². The Labute approximate surface area is 235 Å². The maximum absolute atomic E-state index is 12.9. The average Bonchev–Trinajstić information content (AvgIpc) is 3.09. The van der Waals surface area contributed by atoms with E-state index in [2.05, 4.69) is 62.3 Å². The zero-order valence-corrected chi connectivity index (χ0v) is 23.5. The summed E-state index contributed by atoms with van der Waals surface area (Å²) >= 11 is 0. The number of carboxylic acids is 1. The predicted molar refractivity (Wildman–Crippen MR) is 158 cm³/mol. The number of carbonyl (C=O) groups excluding carboxylic acids is 1. The standard InChI is InChI=1S/C33H37N3O4/c1-5-20(2)19-40-31(34)28-14-21(3)22(4)29-11-10-25(15-27(29)16-28)26-12-13-35-30(17-26)32(37)36-18-23-6-8-24(9-7-23)33(38)39/h6-13,15-17,20-22,34H,5,14,18-19H2,1-4H3,(H,36,37)(H,38,39). The largest absolute Gasteiger partial charge is 0.478 e. The van der Waals surface area contributed by atoms with E-state index in [-0.39, 0.29) is 23.9 Å². The number of carboxylic acid groups (broad SMARTS) is 1. The molecule has 0 saturated heterocycles. The van der Waals surface area contributed by atoms with Crippen molar-refractivity contribution in [3.05, 3.63) is 94.3 Å². The summed E-state index contributed by atoms with van der Waals surface area (Å²) in [5, 5.41) is 20.5. The third kappa shape index (κ3) is 6.84. The van der Waals surface area contributed by atoms with Gasteiger partial charge in [0.05, 0.1) is 12.2 Å². The second-order valence-corrected chi connectivity index (χ2v) is 10.8. The second kappa shape index (κ2) is 12.7. The highest BCUT2D eigenvalue weighted by Gasteiger charge is 2.25. The first-order chi connectivity index (χ1) is 19.2. The van der Waals surface area contributed by atoms with Crippen LogP contribution in [0.2, 0.25) is 0 Å². The van der Waals surface area contributed by atoms with Crippen molar-refractivity contribution >= 4 is 23.9 Å². The summed E-state index contributed by atoms with van der Waals surface area (Å²) in [6.07, 6.45) is 5.51. The smallest absolute Gasteiger partial charge is 0.335 e. The van der Waals surface area contributed by atoms with Crippen LogP contribution in [0.4, 0.5) is 0 Å². The van der Waals surface area contributed by atoms with Gasteiger partial charge in [-0.1, -0.05) is 58.4 Å². The molecule has 1 heterocycles. The first kappa shape index (κ1) is 28.7. The summed E-state index contributed by atoms with van der Waals surface area (Å²) in [5.41, 5.74) is 6.34. The molecule has 1 amide bonds. The van der Waals surface area contributed by atoms with Crippen molar-refractivity contribution in [2.45, 2.75) is 53.0 Å². The van der Waals surface area contributed by atoms with Gasteiger partial charge in [0.2, 0.25) is 5.90 Å². The van der Waals surface area contributed by atoms with Crippen LogP contribution < -0.4 is 5.32 Å². The molecule has 3 N–H and O–H groups in total. The Morgan fingerprint density at radius 1 is 1.10 bits per heavy atom. The van der Waals surface area contributed by atoms with Gasteiger partial charge in [0, 0.05) is 18.3 Å². The topological polar surface area (TPSA) is 112 Å². The number of carbonyl (C=O) groups is 2. The summed E-state index contributed by atoms with van der Waals surface area (Å²) < 4.78 is 5.85. The molecule has 2 aromatic carbocycles. The highest BCUT2D eigenvalue weighted by atomic mass is 16.5. The molecule has 1 aliphatic carbocycles. The number of nitrogens with zero attached hydrogens (tertiary/aromatic N) is 1. The number of ether oxygens (including phenoxy) is 1. The van der Waals surface area contributed by atoms with E-state index < -0.39 is 5.97 Å². The molecule has 3 aromatic rings. The van der Waals surface area contributed by atoms with Crippen molar-refractivity contribution < 1.29 is 19.4 Å². The minimum Gasteiger partial charge on any atom is -0.478 e. The highest BCUT2D eigenvalue weighted by molar-refractivity contribution is 5.97. The fourth-order valence-electron chi connectivity index (χ4n) is 4.74. The lowest BCUT2D eigenvalue weighted by atomic mass is 9.85. The van der Waals surface area contributed by atoms with Crippen LogP contribution >= 0.6 is 0 Å². The first-order valence-electron chi connectivity index (χ1n) is 13.8. The van der Waals surface area contributed by atoms with Gasteiger partial charge in [-0.15, -0.1) is 0 Å². The predicted octanol–water partition coefficient (Wildman–Crippen LogP) is 6.94. The van der Waals surface area contributed by atoms with E-state index in [9.17, 15) is 9.59 Å². The molecule has 7 nitrogen and oxygen atoms in total. The van der Waals surface area contributed by atoms with Crippen molar-refractivity contribution in [2.24, 2.45) is 11.8 Å². The van der Waals surface area contributed by atoms with Gasteiger partial charge in [-0.05, 0) is 88.4 Å². The molecule has 1 aliphatic rings. The number of amides is 1. The Balaban J connectivity index is 1.54. The Hall–Kier alpha value is -4.26. The maximum atomic E-state index is 12.9. The molecule has 7 heteroatoms. The van der Waals surface area contributed by atoms with Crippen LogP contribution in [0.3, 0.4) is 0 Å². The Kier molecular flexibility index (Phi) is 9.15. The number of fused-ring (bicyclic) bond motifs is 1. The molecular formula is C33H37N3O4. The number of hydrogen-bond acceptors (Lipinski definition) is 5. The molecule has 4 rings (SSSR count). The second-order valence-electron chi connectivity index (χ2n) is 10.8. The number of benzene rings is 2. The molecule has 208 valence electrons. The number of rotatable bonds is 9. The number of nitrogens with one attached hydrogen (secondary N) is 2. The van der Waals surface area contributed by atoms with Crippen LogP contribution in [0.1, 0.15) is 84.0 Å². The minimum absolute atomic E-state index is 0.200. The van der Waals surface area contributed by atoms with Crippen molar-refractivity contribution in [2.75, 3.05) is 6.61 Å². The Morgan fingerprint density at radius 2 is 1.82 bits per heavy atom. The van der Waals surface area contributed by atoms with Crippen LogP contribution in [0.5, 0.6) is 0 Å². The molecular weight excluding hydrogens is 502 g/mol. The molecule has 0 radical (unpaired) electrons. The molecule has 0 aliphatic heterocycles. The van der Waals surface area contributed by atoms with Crippen molar-refractivity contribution in [3.63, 3.8) is 0 Å². The van der Waals surface area contributed by atoms with E-state index in [1.165, 1.54) is 17.7 Å². The summed E-state index contributed by atoms with van der Waals surface area (Å²) in [4.78, 5) is 28.2. The lowest BCUT2D eigenvalue weighted by Crippen LogP contribution is -2.23. The van der Waals surface area contributed by atoms with Crippen LogP contribution in [0.25, 0.3) is 17.2 Å². The Bertz CT molecular complexity index is 1430. The van der Waals surface area contributed by atoms with Crippen molar-refractivity contribution in [3.8, 4) is 11.1 Å². The van der Waals surface area contributed by atoms with Gasteiger partial charge >= 0.3 is 5.97 Å². The number of aromatic carboxylic acids is 1. The van der Waals surface area contributed by atoms with Crippen molar-refractivity contribution in [1.29, 1.82) is 5.41 Å². The van der Waals surface area contributed by atoms with E-state index in [1.54, 1.807) is 24.4 Å².